The number of hydrogen-bond donors (Lipinski definition) is 2. The maximum atomic E-state index is 13.6. The monoisotopic (exact) mass is 432 g/mol. The minimum Gasteiger partial charge on any atom is -0.347 e. The highest BCUT2D eigenvalue weighted by atomic mass is 19.2. The predicted octanol–water partition coefficient (Wildman–Crippen LogP) is 2.89. The molecule has 0 fully saturated rings. The van der Waals surface area contributed by atoms with Crippen LogP contribution in [0.25, 0.3) is 0 Å². The molecule has 2 aromatic rings. The molecule has 0 radical (unpaired) electrons. The van der Waals surface area contributed by atoms with Crippen LogP contribution >= 0.6 is 0 Å². The minimum absolute atomic E-state index is 0.119. The maximum Gasteiger partial charge on any atom is 0.243 e. The second-order valence-corrected chi connectivity index (χ2v) is 6.34. The summed E-state index contributed by atoms with van der Waals surface area (Å²) in [7, 11) is 0. The fourth-order valence-electron chi connectivity index (χ4n) is 2.61. The van der Waals surface area contributed by atoms with E-state index in [0.29, 0.717) is 11.8 Å². The number of anilines is 2. The molecular formula is C21H19F3N4O3. The van der Waals surface area contributed by atoms with Gasteiger partial charge in [-0.2, -0.15) is 5.26 Å². The van der Waals surface area contributed by atoms with Gasteiger partial charge in [-0.15, -0.1) is 0 Å². The van der Waals surface area contributed by atoms with E-state index in [2.05, 4.69) is 5.32 Å². The van der Waals surface area contributed by atoms with Crippen LogP contribution in [0.15, 0.2) is 42.5 Å². The summed E-state index contributed by atoms with van der Waals surface area (Å²) in [5, 5.41) is 13.1. The van der Waals surface area contributed by atoms with Gasteiger partial charge in [-0.05, 0) is 24.3 Å². The molecule has 2 rings (SSSR count). The van der Waals surface area contributed by atoms with Crippen LogP contribution < -0.4 is 15.5 Å². The summed E-state index contributed by atoms with van der Waals surface area (Å²) < 4.78 is 39.6. The van der Waals surface area contributed by atoms with E-state index in [1.54, 1.807) is 30.3 Å². The molecule has 7 nitrogen and oxygen atoms in total. The molecule has 0 aliphatic carbocycles. The first-order valence-corrected chi connectivity index (χ1v) is 9.26. The lowest BCUT2D eigenvalue weighted by atomic mass is 10.2. The van der Waals surface area contributed by atoms with Gasteiger partial charge in [-0.25, -0.2) is 13.2 Å². The Balaban J connectivity index is 1.84. The van der Waals surface area contributed by atoms with Crippen molar-refractivity contribution in [3.8, 4) is 6.07 Å². The lowest BCUT2D eigenvalue weighted by Crippen LogP contribution is -2.35. The molecule has 0 aliphatic heterocycles. The average Bonchev–Trinajstić information content (AvgIpc) is 2.77. The molecule has 3 amide bonds. The Morgan fingerprint density at radius 3 is 2.32 bits per heavy atom. The van der Waals surface area contributed by atoms with E-state index in [-0.39, 0.29) is 31.7 Å². The molecule has 0 saturated carbocycles. The zero-order chi connectivity index (χ0) is 22.8. The molecule has 0 unspecified atom stereocenters. The summed E-state index contributed by atoms with van der Waals surface area (Å²) in [6.45, 7) is -0.383. The van der Waals surface area contributed by atoms with Gasteiger partial charge in [0.25, 0.3) is 0 Å². The Kier molecular flexibility index (Phi) is 8.57. The molecule has 0 spiro atoms. The minimum atomic E-state index is -1.72. The third kappa shape index (κ3) is 6.85. The van der Waals surface area contributed by atoms with Crippen LogP contribution in [-0.4, -0.2) is 30.8 Å². The quantitative estimate of drug-likeness (QED) is 0.595. The number of nitriles is 1. The van der Waals surface area contributed by atoms with Crippen LogP contribution in [0.1, 0.15) is 19.3 Å². The molecule has 0 heterocycles. The molecule has 0 aromatic heterocycles. The second-order valence-electron chi connectivity index (χ2n) is 6.34. The van der Waals surface area contributed by atoms with Crippen molar-refractivity contribution in [1.29, 1.82) is 5.26 Å². The van der Waals surface area contributed by atoms with Crippen LogP contribution in [0, 0.1) is 28.8 Å². The zero-order valence-corrected chi connectivity index (χ0v) is 16.3. The third-order valence-electron chi connectivity index (χ3n) is 4.14. The van der Waals surface area contributed by atoms with Gasteiger partial charge in [-0.3, -0.25) is 14.4 Å². The van der Waals surface area contributed by atoms with Crippen molar-refractivity contribution in [2.75, 3.05) is 23.3 Å². The first-order valence-electron chi connectivity index (χ1n) is 9.26. The van der Waals surface area contributed by atoms with E-state index in [1.165, 1.54) is 4.90 Å². The van der Waals surface area contributed by atoms with Crippen molar-refractivity contribution in [3.63, 3.8) is 0 Å². The van der Waals surface area contributed by atoms with Gasteiger partial charge in [0.05, 0.1) is 24.7 Å². The normalized spacial score (nSPS) is 10.1. The molecule has 162 valence electrons. The maximum absolute atomic E-state index is 13.6. The van der Waals surface area contributed by atoms with Crippen molar-refractivity contribution in [3.05, 3.63) is 59.9 Å². The molecule has 10 heteroatoms. The van der Waals surface area contributed by atoms with Gasteiger partial charge < -0.3 is 15.5 Å². The second kappa shape index (κ2) is 11.3. The summed E-state index contributed by atoms with van der Waals surface area (Å²) in [6, 6.07) is 12.1. The third-order valence-corrected chi connectivity index (χ3v) is 4.14. The van der Waals surface area contributed by atoms with Gasteiger partial charge >= 0.3 is 0 Å². The molecule has 0 atom stereocenters. The van der Waals surface area contributed by atoms with Crippen LogP contribution in [-0.2, 0) is 14.4 Å². The number of nitrogens with one attached hydrogen (secondary N) is 2. The summed E-state index contributed by atoms with van der Waals surface area (Å²) in [5.41, 5.74) is 0.0282. The van der Waals surface area contributed by atoms with E-state index in [1.807, 2.05) is 11.4 Å². The van der Waals surface area contributed by atoms with Crippen LogP contribution in [0.5, 0.6) is 0 Å². The first kappa shape index (κ1) is 23.4. The molecule has 31 heavy (non-hydrogen) atoms. The van der Waals surface area contributed by atoms with E-state index in [0.717, 1.165) is 6.07 Å². The van der Waals surface area contributed by atoms with Crippen molar-refractivity contribution in [2.24, 2.45) is 0 Å². The Morgan fingerprint density at radius 2 is 1.65 bits per heavy atom. The van der Waals surface area contributed by atoms with E-state index in [9.17, 15) is 27.6 Å². The molecule has 0 saturated heterocycles. The van der Waals surface area contributed by atoms with Gasteiger partial charge in [-0.1, -0.05) is 18.2 Å². The molecule has 0 aliphatic rings. The highest BCUT2D eigenvalue weighted by Crippen LogP contribution is 2.19. The summed E-state index contributed by atoms with van der Waals surface area (Å²) >= 11 is 0. The lowest BCUT2D eigenvalue weighted by Gasteiger charge is -2.21. The Labute approximate surface area is 176 Å². The predicted molar refractivity (Wildman–Crippen MR) is 106 cm³/mol. The van der Waals surface area contributed by atoms with Gasteiger partial charge in [0, 0.05) is 25.1 Å². The summed E-state index contributed by atoms with van der Waals surface area (Å²) in [6.07, 6.45) is -0.263. The fraction of sp³-hybridized carbons (Fsp3) is 0.238. The first-order chi connectivity index (χ1) is 14.8. The topological polar surface area (TPSA) is 102 Å². The molecule has 2 aromatic carbocycles. The van der Waals surface area contributed by atoms with Crippen molar-refractivity contribution in [1.82, 2.24) is 5.32 Å². The number of halogens is 3. The molecule has 2 N–H and O–H groups in total. The van der Waals surface area contributed by atoms with Crippen molar-refractivity contribution < 1.29 is 27.6 Å². The smallest absolute Gasteiger partial charge is 0.243 e. The largest absolute Gasteiger partial charge is 0.347 e. The van der Waals surface area contributed by atoms with Crippen LogP contribution in [0.2, 0.25) is 0 Å². The van der Waals surface area contributed by atoms with Gasteiger partial charge in [0.15, 0.2) is 17.5 Å². The number of benzene rings is 2. The Bertz CT molecular complexity index is 993. The lowest BCUT2D eigenvalue weighted by molar-refractivity contribution is -0.126. The average molecular weight is 432 g/mol. The number of nitrogens with zero attached hydrogens (tertiary/aromatic N) is 2. The van der Waals surface area contributed by atoms with Gasteiger partial charge in [0.2, 0.25) is 17.7 Å². The number of amides is 3. The number of carbonyl (C=O) groups excluding carboxylic acids is 3. The van der Waals surface area contributed by atoms with Crippen molar-refractivity contribution >= 4 is 29.1 Å². The van der Waals surface area contributed by atoms with E-state index in [4.69, 9.17) is 5.26 Å². The van der Waals surface area contributed by atoms with Crippen LogP contribution in [0.3, 0.4) is 0 Å². The standard InChI is InChI=1S/C21H19F3N4O3/c22-15-7-8-16(21(24)20(15)23)27-18(30)13-26-17(29)9-10-19(31)28(12-4-11-25)14-5-2-1-3-6-14/h1-3,5-8H,4,9-10,12-13H2,(H,26,29)(H,27,30). The number of rotatable bonds is 9. The SMILES string of the molecule is N#CCCN(C(=O)CCC(=O)NCC(=O)Nc1ccc(F)c(F)c1F)c1ccccc1. The number of para-hydroxylation sites is 1. The molecular weight excluding hydrogens is 413 g/mol. The van der Waals surface area contributed by atoms with Crippen molar-refractivity contribution in [2.45, 2.75) is 19.3 Å². The summed E-state index contributed by atoms with van der Waals surface area (Å²) in [4.78, 5) is 37.6. The summed E-state index contributed by atoms with van der Waals surface area (Å²) in [5.74, 6) is -6.51. The highest BCUT2D eigenvalue weighted by molar-refractivity contribution is 5.97. The fourth-order valence-corrected chi connectivity index (χ4v) is 2.61. The molecule has 0 bridgehead atoms. The highest BCUT2D eigenvalue weighted by Gasteiger charge is 2.18. The van der Waals surface area contributed by atoms with Crippen LogP contribution in [0.4, 0.5) is 24.5 Å². The van der Waals surface area contributed by atoms with E-state index < -0.39 is 41.5 Å². The van der Waals surface area contributed by atoms with Gasteiger partial charge in [0.1, 0.15) is 0 Å². The Morgan fingerprint density at radius 1 is 0.935 bits per heavy atom. The van der Waals surface area contributed by atoms with E-state index >= 15 is 0 Å². The number of hydrogen-bond acceptors (Lipinski definition) is 4. The zero-order valence-electron chi connectivity index (χ0n) is 16.3. The number of carbonyl (C=O) groups is 3. The Hall–Kier alpha value is -3.87.